The van der Waals surface area contributed by atoms with E-state index in [4.69, 9.17) is 0 Å². The van der Waals surface area contributed by atoms with Crippen LogP contribution in [0, 0.1) is 13.8 Å². The quantitative estimate of drug-likeness (QED) is 0.682. The predicted octanol–water partition coefficient (Wildman–Crippen LogP) is 4.26. The lowest BCUT2D eigenvalue weighted by Gasteiger charge is -2.08. The third-order valence-corrected chi connectivity index (χ3v) is 5.69. The van der Waals surface area contributed by atoms with Gasteiger partial charge in [0.1, 0.15) is 0 Å². The van der Waals surface area contributed by atoms with Crippen molar-refractivity contribution in [1.29, 1.82) is 0 Å². The van der Waals surface area contributed by atoms with Gasteiger partial charge in [-0.2, -0.15) is 0 Å². The largest absolute Gasteiger partial charge is 0.268 e. The Morgan fingerprint density at radius 2 is 1.67 bits per heavy atom. The van der Waals surface area contributed by atoms with Crippen LogP contribution in [0.15, 0.2) is 58.0 Å². The highest BCUT2D eigenvalue weighted by atomic mass is 79.9. The highest BCUT2D eigenvalue weighted by Gasteiger charge is 2.20. The van der Waals surface area contributed by atoms with E-state index in [1.807, 2.05) is 32.0 Å². The first kappa shape index (κ1) is 14.4. The van der Waals surface area contributed by atoms with Crippen molar-refractivity contribution in [3.05, 3.63) is 64.3 Å². The molecule has 0 bridgehead atoms. The summed E-state index contributed by atoms with van der Waals surface area (Å²) in [5.41, 5.74) is 2.65. The molecule has 0 radical (unpaired) electrons. The lowest BCUT2D eigenvalue weighted by molar-refractivity contribution is 0.589. The predicted molar refractivity (Wildman–Crippen MR) is 88.1 cm³/mol. The molecular weight excluding hydrogens is 350 g/mol. The van der Waals surface area contributed by atoms with Gasteiger partial charge in [-0.1, -0.05) is 39.7 Å². The Balaban J connectivity index is 2.28. The maximum absolute atomic E-state index is 12.8. The third-order valence-electron chi connectivity index (χ3n) is 3.51. The maximum Gasteiger partial charge on any atom is 0.268 e. The van der Waals surface area contributed by atoms with E-state index in [1.165, 1.54) is 3.97 Å². The normalized spacial score (nSPS) is 12.0. The molecule has 0 saturated heterocycles. The van der Waals surface area contributed by atoms with Gasteiger partial charge in [-0.25, -0.2) is 12.4 Å². The first-order valence-corrected chi connectivity index (χ1v) is 8.72. The lowest BCUT2D eigenvalue weighted by atomic mass is 10.2. The summed E-state index contributed by atoms with van der Waals surface area (Å²) in [5, 5.41) is 0.939. The monoisotopic (exact) mass is 363 g/mol. The molecular formula is C16H14BrNO2S. The minimum atomic E-state index is -3.58. The zero-order valence-electron chi connectivity index (χ0n) is 11.7. The minimum Gasteiger partial charge on any atom is -0.241 e. The Morgan fingerprint density at radius 3 is 2.33 bits per heavy atom. The second-order valence-corrected chi connectivity index (χ2v) is 7.82. The maximum atomic E-state index is 12.8. The third kappa shape index (κ3) is 2.40. The van der Waals surface area contributed by atoms with E-state index in [2.05, 4.69) is 15.9 Å². The van der Waals surface area contributed by atoms with Crippen molar-refractivity contribution < 1.29 is 8.42 Å². The molecule has 0 aliphatic carbocycles. The van der Waals surface area contributed by atoms with Crippen molar-refractivity contribution in [2.45, 2.75) is 18.7 Å². The van der Waals surface area contributed by atoms with Crippen LogP contribution >= 0.6 is 15.9 Å². The van der Waals surface area contributed by atoms with Gasteiger partial charge in [0.25, 0.3) is 10.0 Å². The highest BCUT2D eigenvalue weighted by molar-refractivity contribution is 9.10. The van der Waals surface area contributed by atoms with Crippen LogP contribution in [0.25, 0.3) is 10.9 Å². The smallest absolute Gasteiger partial charge is 0.241 e. The molecule has 0 saturated carbocycles. The first-order chi connectivity index (χ1) is 9.89. The fraction of sp³-hybridized carbons (Fsp3) is 0.125. The van der Waals surface area contributed by atoms with Gasteiger partial charge in [-0.05, 0) is 43.7 Å². The summed E-state index contributed by atoms with van der Waals surface area (Å²) in [4.78, 5) is 0.296. The summed E-state index contributed by atoms with van der Waals surface area (Å²) in [6.07, 6.45) is 1.67. The zero-order valence-corrected chi connectivity index (χ0v) is 14.1. The van der Waals surface area contributed by atoms with Gasteiger partial charge in [0.05, 0.1) is 10.4 Å². The Labute approximate surface area is 132 Å². The molecule has 2 aromatic carbocycles. The van der Waals surface area contributed by atoms with Crippen LogP contribution in [0.2, 0.25) is 0 Å². The number of halogens is 1. The number of aromatic nitrogens is 1. The molecule has 0 unspecified atom stereocenters. The van der Waals surface area contributed by atoms with Gasteiger partial charge >= 0.3 is 0 Å². The summed E-state index contributed by atoms with van der Waals surface area (Å²) in [6.45, 7) is 3.85. The molecule has 1 aromatic heterocycles. The minimum absolute atomic E-state index is 0.296. The Bertz CT molecular complexity index is 925. The van der Waals surface area contributed by atoms with Gasteiger partial charge in [0, 0.05) is 16.1 Å². The molecule has 3 nitrogen and oxygen atoms in total. The number of rotatable bonds is 2. The summed E-state index contributed by atoms with van der Waals surface area (Å²) in [7, 11) is -3.58. The van der Waals surface area contributed by atoms with Crippen molar-refractivity contribution in [2.75, 3.05) is 0 Å². The molecule has 0 spiro atoms. The molecule has 5 heteroatoms. The molecule has 0 fully saturated rings. The van der Waals surface area contributed by atoms with Crippen molar-refractivity contribution in [3.8, 4) is 0 Å². The van der Waals surface area contributed by atoms with Crippen molar-refractivity contribution in [3.63, 3.8) is 0 Å². The van der Waals surface area contributed by atoms with E-state index in [1.54, 1.807) is 30.5 Å². The van der Waals surface area contributed by atoms with Crippen LogP contribution in [0.5, 0.6) is 0 Å². The fourth-order valence-corrected chi connectivity index (χ4v) is 4.12. The van der Waals surface area contributed by atoms with Gasteiger partial charge in [-0.3, -0.25) is 0 Å². The number of nitrogens with zero attached hydrogens (tertiary/aromatic N) is 1. The van der Waals surface area contributed by atoms with Crippen molar-refractivity contribution in [2.24, 2.45) is 0 Å². The van der Waals surface area contributed by atoms with E-state index < -0.39 is 10.0 Å². The number of hydrogen-bond donors (Lipinski definition) is 0. The number of hydrogen-bond acceptors (Lipinski definition) is 2. The van der Waals surface area contributed by atoms with Crippen molar-refractivity contribution >= 4 is 36.9 Å². The molecule has 21 heavy (non-hydrogen) atoms. The van der Waals surface area contributed by atoms with Gasteiger partial charge in [-0.15, -0.1) is 0 Å². The molecule has 1 heterocycles. The SMILES string of the molecule is Cc1ccc(S(=O)(=O)n2cc(C)c3ccc(Br)cc32)cc1. The van der Waals surface area contributed by atoms with Crippen LogP contribution < -0.4 is 0 Å². The van der Waals surface area contributed by atoms with E-state index in [-0.39, 0.29) is 0 Å². The van der Waals surface area contributed by atoms with Gasteiger partial charge in [0.15, 0.2) is 0 Å². The molecule has 108 valence electrons. The van der Waals surface area contributed by atoms with Gasteiger partial charge < -0.3 is 0 Å². The number of fused-ring (bicyclic) bond motifs is 1. The van der Waals surface area contributed by atoms with Crippen LogP contribution in [0.3, 0.4) is 0 Å². The Morgan fingerprint density at radius 1 is 1.00 bits per heavy atom. The van der Waals surface area contributed by atoms with Gasteiger partial charge in [0.2, 0.25) is 0 Å². The lowest BCUT2D eigenvalue weighted by Crippen LogP contribution is -2.11. The highest BCUT2D eigenvalue weighted by Crippen LogP contribution is 2.28. The van der Waals surface area contributed by atoms with Crippen LogP contribution in [-0.2, 0) is 10.0 Å². The second kappa shape index (κ2) is 5.00. The van der Waals surface area contributed by atoms with E-state index >= 15 is 0 Å². The fourth-order valence-electron chi connectivity index (χ4n) is 2.36. The van der Waals surface area contributed by atoms with E-state index in [0.29, 0.717) is 10.4 Å². The summed E-state index contributed by atoms with van der Waals surface area (Å²) >= 11 is 3.40. The van der Waals surface area contributed by atoms with Crippen LogP contribution in [0.4, 0.5) is 0 Å². The number of aryl methyl sites for hydroxylation is 2. The molecule has 3 aromatic rings. The van der Waals surface area contributed by atoms with E-state index in [0.717, 1.165) is 21.0 Å². The molecule has 0 atom stereocenters. The second-order valence-electron chi connectivity index (χ2n) is 5.09. The van der Waals surface area contributed by atoms with E-state index in [9.17, 15) is 8.42 Å². The summed E-state index contributed by atoms with van der Waals surface area (Å²) in [5.74, 6) is 0. The molecule has 0 amide bonds. The summed E-state index contributed by atoms with van der Waals surface area (Å²) < 4.78 is 27.9. The Kier molecular flexibility index (Phi) is 3.42. The molecule has 0 aliphatic rings. The van der Waals surface area contributed by atoms with Crippen LogP contribution in [-0.4, -0.2) is 12.4 Å². The summed E-state index contributed by atoms with van der Waals surface area (Å²) in [6, 6.07) is 12.6. The average molecular weight is 364 g/mol. The Hall–Kier alpha value is -1.59. The first-order valence-electron chi connectivity index (χ1n) is 6.49. The molecule has 3 rings (SSSR count). The molecule has 0 aliphatic heterocycles. The molecule has 0 N–H and O–H groups in total. The number of benzene rings is 2. The standard InChI is InChI=1S/C16H14BrNO2S/c1-11-3-6-14(7-4-11)21(19,20)18-10-12(2)15-8-5-13(17)9-16(15)18/h3-10H,1-2H3. The average Bonchev–Trinajstić information content (AvgIpc) is 2.76. The topological polar surface area (TPSA) is 39.1 Å². The zero-order chi connectivity index (χ0) is 15.2. The van der Waals surface area contributed by atoms with Crippen LogP contribution in [0.1, 0.15) is 11.1 Å². The van der Waals surface area contributed by atoms with Crippen molar-refractivity contribution in [1.82, 2.24) is 3.97 Å².